The van der Waals surface area contributed by atoms with E-state index < -0.39 is 26.0 Å². The molecule has 1 fully saturated rings. The zero-order chi connectivity index (χ0) is 21.2. The monoisotopic (exact) mass is 439 g/mol. The average molecular weight is 440 g/mol. The second-order valence-corrected chi connectivity index (χ2v) is 10.3. The van der Waals surface area contributed by atoms with Gasteiger partial charge in [-0.1, -0.05) is 24.3 Å². The van der Waals surface area contributed by atoms with E-state index in [0.29, 0.717) is 17.5 Å². The van der Waals surface area contributed by atoms with Gasteiger partial charge in [0, 0.05) is 12.1 Å². The Kier molecular flexibility index (Phi) is 5.96. The molecule has 2 amide bonds. The first kappa shape index (κ1) is 21.3. The quantitative estimate of drug-likeness (QED) is 0.457. The molecule has 29 heavy (non-hydrogen) atoms. The molecular weight excluding hydrogens is 418 g/mol. The molecule has 11 heteroatoms. The molecule has 0 spiro atoms. The highest BCUT2D eigenvalue weighted by Crippen LogP contribution is 2.47. The number of benzene rings is 2. The van der Waals surface area contributed by atoms with Crippen LogP contribution in [0.15, 0.2) is 53.4 Å². The van der Waals surface area contributed by atoms with Crippen molar-refractivity contribution in [3.8, 4) is 0 Å². The van der Waals surface area contributed by atoms with Gasteiger partial charge in [-0.15, -0.1) is 10.8 Å². The topological polar surface area (TPSA) is 159 Å². The second kappa shape index (κ2) is 8.13. The summed E-state index contributed by atoms with van der Waals surface area (Å²) in [6.07, 6.45) is 0.355. The summed E-state index contributed by atoms with van der Waals surface area (Å²) in [6.45, 7) is 0.211. The molecule has 2 aromatic carbocycles. The first-order valence-corrected chi connectivity index (χ1v) is 11.8. The molecule has 3 rings (SSSR count). The Labute approximate surface area is 169 Å². The van der Waals surface area contributed by atoms with Crippen LogP contribution in [0, 0.1) is 0 Å². The minimum atomic E-state index is -3.76. The highest BCUT2D eigenvalue weighted by atomic mass is 32.3. The van der Waals surface area contributed by atoms with Gasteiger partial charge in [0.25, 0.3) is 5.91 Å². The van der Waals surface area contributed by atoms with Crippen LogP contribution in [0.3, 0.4) is 0 Å². The summed E-state index contributed by atoms with van der Waals surface area (Å²) in [7, 11) is -6.89. The molecule has 1 unspecified atom stereocenters. The van der Waals surface area contributed by atoms with E-state index in [1.54, 1.807) is 36.4 Å². The zero-order valence-electron chi connectivity index (χ0n) is 15.2. The lowest BCUT2D eigenvalue weighted by Crippen LogP contribution is -2.23. The number of rotatable bonds is 6. The van der Waals surface area contributed by atoms with E-state index in [4.69, 9.17) is 5.14 Å². The third-order valence-electron chi connectivity index (χ3n) is 4.53. The first-order chi connectivity index (χ1) is 13.5. The molecule has 9 nitrogen and oxygen atoms in total. The summed E-state index contributed by atoms with van der Waals surface area (Å²) in [5, 5.41) is 7.19. The van der Waals surface area contributed by atoms with Crippen LogP contribution in [0.25, 0.3) is 0 Å². The van der Waals surface area contributed by atoms with Crippen molar-refractivity contribution in [2.45, 2.75) is 29.5 Å². The van der Waals surface area contributed by atoms with E-state index >= 15 is 0 Å². The van der Waals surface area contributed by atoms with Gasteiger partial charge in [-0.05, 0) is 41.8 Å². The standard InChI is InChI=1S/C18H21N3O6S2/c19-28(24,25)15-7-3-13(4-8-15)11-20-18(23)14-5-1-12(2-6-14)9-16-10-17(22)21-29(16,26)27/h1-8,16,26-27H,9-11H2,(H,20,23)(H,21,22)(H2,19,24,25). The van der Waals surface area contributed by atoms with E-state index in [1.165, 1.54) is 12.1 Å². The fraction of sp³-hybridized carbons (Fsp3) is 0.222. The van der Waals surface area contributed by atoms with Crippen molar-refractivity contribution in [2.24, 2.45) is 5.14 Å². The number of nitrogens with two attached hydrogens (primary N) is 1. The molecule has 0 bridgehead atoms. The molecular formula is C18H21N3O6S2. The first-order valence-electron chi connectivity index (χ1n) is 8.61. The maximum atomic E-state index is 12.3. The molecule has 0 saturated carbocycles. The summed E-state index contributed by atoms with van der Waals surface area (Å²) < 4.78 is 44.4. The van der Waals surface area contributed by atoms with Gasteiger partial charge in [-0.25, -0.2) is 13.6 Å². The van der Waals surface area contributed by atoms with Crippen molar-refractivity contribution in [3.63, 3.8) is 0 Å². The molecule has 1 aliphatic rings. The van der Waals surface area contributed by atoms with Gasteiger partial charge in [-0.3, -0.25) is 23.4 Å². The molecule has 2 aromatic rings. The smallest absolute Gasteiger partial charge is 0.251 e. The van der Waals surface area contributed by atoms with Gasteiger partial charge in [0.1, 0.15) is 0 Å². The van der Waals surface area contributed by atoms with E-state index in [0.717, 1.165) is 5.56 Å². The minimum Gasteiger partial charge on any atom is -0.348 e. The molecule has 1 heterocycles. The lowest BCUT2D eigenvalue weighted by molar-refractivity contribution is -0.118. The number of carbonyl (C=O) groups excluding carboxylic acids is 2. The van der Waals surface area contributed by atoms with Crippen molar-refractivity contribution in [3.05, 3.63) is 65.2 Å². The third kappa shape index (κ3) is 5.34. The van der Waals surface area contributed by atoms with Gasteiger partial charge in [0.2, 0.25) is 15.9 Å². The maximum absolute atomic E-state index is 12.3. The van der Waals surface area contributed by atoms with E-state index in [9.17, 15) is 27.1 Å². The molecule has 0 aliphatic carbocycles. The maximum Gasteiger partial charge on any atom is 0.251 e. The minimum absolute atomic E-state index is 0.000979. The fourth-order valence-electron chi connectivity index (χ4n) is 2.94. The van der Waals surface area contributed by atoms with Crippen LogP contribution < -0.4 is 15.2 Å². The molecule has 0 aromatic heterocycles. The Bertz CT molecular complexity index is 1020. The molecule has 0 radical (unpaired) electrons. The van der Waals surface area contributed by atoms with Gasteiger partial charge in [0.05, 0.1) is 16.6 Å². The van der Waals surface area contributed by atoms with Crippen LogP contribution in [-0.2, 0) is 27.8 Å². The molecule has 156 valence electrons. The summed E-state index contributed by atoms with van der Waals surface area (Å²) in [4.78, 5) is 23.6. The lowest BCUT2D eigenvalue weighted by Gasteiger charge is -2.32. The number of hydrogen-bond acceptors (Lipinski definition) is 6. The number of hydrogen-bond donors (Lipinski definition) is 5. The number of amides is 2. The average Bonchev–Trinajstić information content (AvgIpc) is 2.91. The third-order valence-corrected chi connectivity index (χ3v) is 7.25. The predicted octanol–water partition coefficient (Wildman–Crippen LogP) is 1.36. The van der Waals surface area contributed by atoms with Crippen LogP contribution in [-0.4, -0.2) is 34.6 Å². The highest BCUT2D eigenvalue weighted by Gasteiger charge is 2.36. The molecule has 1 aliphatic heterocycles. The Morgan fingerprint density at radius 3 is 2.21 bits per heavy atom. The van der Waals surface area contributed by atoms with Crippen LogP contribution in [0.2, 0.25) is 0 Å². The van der Waals surface area contributed by atoms with Crippen LogP contribution in [0.5, 0.6) is 0 Å². The van der Waals surface area contributed by atoms with Crippen molar-refractivity contribution < 1.29 is 27.1 Å². The zero-order valence-corrected chi connectivity index (χ0v) is 16.9. The lowest BCUT2D eigenvalue weighted by atomic mass is 10.1. The Hall–Kier alpha value is -2.44. The van der Waals surface area contributed by atoms with Gasteiger partial charge >= 0.3 is 0 Å². The predicted molar refractivity (Wildman–Crippen MR) is 109 cm³/mol. The van der Waals surface area contributed by atoms with Gasteiger partial charge in [0.15, 0.2) is 0 Å². The van der Waals surface area contributed by atoms with Crippen molar-refractivity contribution in [1.82, 2.24) is 10.0 Å². The summed E-state index contributed by atoms with van der Waals surface area (Å²) in [5.74, 6) is -0.697. The summed E-state index contributed by atoms with van der Waals surface area (Å²) in [5.41, 5.74) is 1.91. The second-order valence-electron chi connectivity index (χ2n) is 6.72. The van der Waals surface area contributed by atoms with Crippen LogP contribution in [0.1, 0.15) is 27.9 Å². The van der Waals surface area contributed by atoms with Gasteiger partial charge in [-0.2, -0.15) is 0 Å². The van der Waals surface area contributed by atoms with Crippen LogP contribution in [0.4, 0.5) is 0 Å². The SMILES string of the molecule is NS(=O)(=O)c1ccc(CNC(=O)c2ccc(CC3CC(=O)NS3(O)O)cc2)cc1. The molecule has 1 atom stereocenters. The molecule has 1 saturated heterocycles. The van der Waals surface area contributed by atoms with Crippen molar-refractivity contribution in [1.29, 1.82) is 0 Å². The summed E-state index contributed by atoms with van der Waals surface area (Å²) in [6, 6.07) is 12.5. The van der Waals surface area contributed by atoms with E-state index in [1.807, 2.05) is 0 Å². The number of sulfonamides is 1. The number of nitrogens with one attached hydrogen (secondary N) is 2. The fourth-order valence-corrected chi connectivity index (χ4v) is 4.85. The molecule has 6 N–H and O–H groups in total. The van der Waals surface area contributed by atoms with Gasteiger partial charge < -0.3 is 5.32 Å². The van der Waals surface area contributed by atoms with Crippen LogP contribution >= 0.6 is 10.8 Å². The largest absolute Gasteiger partial charge is 0.348 e. The van der Waals surface area contributed by atoms with E-state index in [2.05, 4.69) is 10.0 Å². The number of carbonyl (C=O) groups is 2. The Morgan fingerprint density at radius 2 is 1.69 bits per heavy atom. The summed E-state index contributed by atoms with van der Waals surface area (Å²) >= 11 is 0. The highest BCUT2D eigenvalue weighted by molar-refractivity contribution is 8.23. The Morgan fingerprint density at radius 1 is 1.10 bits per heavy atom. The van der Waals surface area contributed by atoms with E-state index in [-0.39, 0.29) is 29.7 Å². The normalized spacial score (nSPS) is 19.4. The number of primary sulfonamides is 1. The van der Waals surface area contributed by atoms with Crippen molar-refractivity contribution in [2.75, 3.05) is 0 Å². The Balaban J connectivity index is 1.57. The van der Waals surface area contributed by atoms with Crippen molar-refractivity contribution >= 4 is 32.6 Å².